The van der Waals surface area contributed by atoms with E-state index in [1.54, 1.807) is 36.3 Å². The van der Waals surface area contributed by atoms with Crippen molar-refractivity contribution < 1.29 is 14.3 Å². The van der Waals surface area contributed by atoms with Crippen molar-refractivity contribution in [3.8, 4) is 5.75 Å². The molecule has 0 radical (unpaired) electrons. The van der Waals surface area contributed by atoms with E-state index in [-0.39, 0.29) is 11.8 Å². The molecule has 0 bridgehead atoms. The van der Waals surface area contributed by atoms with Crippen LogP contribution in [-0.4, -0.2) is 25.5 Å². The first-order valence-corrected chi connectivity index (χ1v) is 8.81. The molecular weight excluding hydrogens is 384 g/mol. The van der Waals surface area contributed by atoms with Crippen molar-refractivity contribution in [2.75, 3.05) is 23.9 Å². The molecule has 2 aromatic rings. The molecule has 3 rings (SSSR count). The van der Waals surface area contributed by atoms with Crippen molar-refractivity contribution in [2.45, 2.75) is 13.3 Å². The Hall–Kier alpha value is -2.34. The number of nitrogens with one attached hydrogen (secondary N) is 1. The third kappa shape index (κ3) is 3.69. The Morgan fingerprint density at radius 2 is 1.96 bits per heavy atom. The van der Waals surface area contributed by atoms with Crippen molar-refractivity contribution in [2.24, 2.45) is 5.92 Å². The van der Waals surface area contributed by atoms with Crippen LogP contribution in [0, 0.1) is 12.8 Å². The van der Waals surface area contributed by atoms with Gasteiger partial charge in [-0.05, 0) is 55.3 Å². The minimum Gasteiger partial charge on any atom is -0.497 e. The average Bonchev–Trinajstić information content (AvgIpc) is 2.99. The van der Waals surface area contributed by atoms with Gasteiger partial charge < -0.3 is 15.0 Å². The summed E-state index contributed by atoms with van der Waals surface area (Å²) in [6.07, 6.45) is 0.507. The van der Waals surface area contributed by atoms with Crippen LogP contribution >= 0.6 is 15.9 Å². The topological polar surface area (TPSA) is 58.6 Å². The standard InChI is InChI=1S/C19H19BrN2O3/c1-12-3-4-13(20)11-17(12)22-10-9-16(19(22)24)18(23)21-14-5-7-15(25-2)8-6-14/h3-8,11,16H,9-10H2,1-2H3,(H,21,23)/t16-/m0/s1. The van der Waals surface area contributed by atoms with Crippen LogP contribution in [0.1, 0.15) is 12.0 Å². The van der Waals surface area contributed by atoms with E-state index < -0.39 is 5.92 Å². The first kappa shape index (κ1) is 17.5. The van der Waals surface area contributed by atoms with Crippen LogP contribution in [0.5, 0.6) is 5.75 Å². The highest BCUT2D eigenvalue weighted by Crippen LogP contribution is 2.31. The fourth-order valence-corrected chi connectivity index (χ4v) is 3.29. The van der Waals surface area contributed by atoms with Crippen LogP contribution in [-0.2, 0) is 9.59 Å². The van der Waals surface area contributed by atoms with Crippen molar-refractivity contribution in [1.29, 1.82) is 0 Å². The summed E-state index contributed by atoms with van der Waals surface area (Å²) in [5.41, 5.74) is 2.50. The number of nitrogens with zero attached hydrogens (tertiary/aromatic N) is 1. The fraction of sp³-hybridized carbons (Fsp3) is 0.263. The molecular formula is C19H19BrN2O3. The molecule has 0 spiro atoms. The second-order valence-corrected chi connectivity index (χ2v) is 6.90. The van der Waals surface area contributed by atoms with Crippen molar-refractivity contribution in [3.63, 3.8) is 0 Å². The van der Waals surface area contributed by atoms with Crippen LogP contribution in [0.15, 0.2) is 46.9 Å². The lowest BCUT2D eigenvalue weighted by Gasteiger charge is -2.19. The van der Waals surface area contributed by atoms with Gasteiger partial charge in [-0.15, -0.1) is 0 Å². The number of anilines is 2. The van der Waals surface area contributed by atoms with Crippen LogP contribution < -0.4 is 15.0 Å². The van der Waals surface area contributed by atoms with E-state index in [1.165, 1.54) is 0 Å². The largest absolute Gasteiger partial charge is 0.497 e. The van der Waals surface area contributed by atoms with Crippen LogP contribution in [0.2, 0.25) is 0 Å². The maximum atomic E-state index is 12.7. The van der Waals surface area contributed by atoms with Gasteiger partial charge in [0.1, 0.15) is 11.7 Å². The monoisotopic (exact) mass is 402 g/mol. The first-order valence-electron chi connectivity index (χ1n) is 8.02. The lowest BCUT2D eigenvalue weighted by atomic mass is 10.1. The maximum Gasteiger partial charge on any atom is 0.239 e. The minimum atomic E-state index is -0.666. The van der Waals surface area contributed by atoms with Crippen molar-refractivity contribution in [1.82, 2.24) is 0 Å². The lowest BCUT2D eigenvalue weighted by Crippen LogP contribution is -2.33. The molecule has 130 valence electrons. The number of hydrogen-bond donors (Lipinski definition) is 1. The number of benzene rings is 2. The summed E-state index contributed by atoms with van der Waals surface area (Å²) in [6.45, 7) is 2.50. The summed E-state index contributed by atoms with van der Waals surface area (Å²) >= 11 is 3.44. The Balaban J connectivity index is 1.72. The Morgan fingerprint density at radius 1 is 1.24 bits per heavy atom. The normalized spacial score (nSPS) is 16.8. The van der Waals surface area contributed by atoms with E-state index in [0.717, 1.165) is 15.7 Å². The highest BCUT2D eigenvalue weighted by atomic mass is 79.9. The molecule has 5 nitrogen and oxygen atoms in total. The second kappa shape index (κ2) is 7.27. The molecule has 1 N–H and O–H groups in total. The number of halogens is 1. The number of methoxy groups -OCH3 is 1. The summed E-state index contributed by atoms with van der Waals surface area (Å²) in [5.74, 6) is -0.385. The Kier molecular flexibility index (Phi) is 5.08. The van der Waals surface area contributed by atoms with Gasteiger partial charge in [0.25, 0.3) is 0 Å². The molecule has 0 saturated carbocycles. The van der Waals surface area contributed by atoms with Crippen molar-refractivity contribution in [3.05, 3.63) is 52.5 Å². The Bertz CT molecular complexity index is 805. The SMILES string of the molecule is COc1ccc(NC(=O)[C@@H]2CCN(c3cc(Br)ccc3C)C2=O)cc1. The lowest BCUT2D eigenvalue weighted by molar-refractivity contribution is -0.129. The Morgan fingerprint density at radius 3 is 2.64 bits per heavy atom. The summed E-state index contributed by atoms with van der Waals surface area (Å²) in [7, 11) is 1.59. The van der Waals surface area contributed by atoms with E-state index in [9.17, 15) is 9.59 Å². The molecule has 6 heteroatoms. The predicted octanol–water partition coefficient (Wildman–Crippen LogP) is 3.76. The van der Waals surface area contributed by atoms with Gasteiger partial charge in [0, 0.05) is 22.4 Å². The number of aryl methyl sites for hydroxylation is 1. The molecule has 0 aliphatic carbocycles. The molecule has 1 aliphatic rings. The minimum absolute atomic E-state index is 0.160. The smallest absolute Gasteiger partial charge is 0.239 e. The van der Waals surface area contributed by atoms with E-state index >= 15 is 0 Å². The van der Waals surface area contributed by atoms with Crippen LogP contribution in [0.3, 0.4) is 0 Å². The van der Waals surface area contributed by atoms with Gasteiger partial charge in [0.2, 0.25) is 11.8 Å². The van der Waals surface area contributed by atoms with Crippen molar-refractivity contribution >= 4 is 39.1 Å². The number of ether oxygens (including phenoxy) is 1. The molecule has 1 fully saturated rings. The van der Waals surface area contributed by atoms with Gasteiger partial charge in [0.15, 0.2) is 0 Å². The molecule has 25 heavy (non-hydrogen) atoms. The zero-order chi connectivity index (χ0) is 18.0. The van der Waals surface area contributed by atoms with Crippen LogP contribution in [0.4, 0.5) is 11.4 Å². The Labute approximate surface area is 155 Å². The molecule has 0 unspecified atom stereocenters. The maximum absolute atomic E-state index is 12.7. The highest BCUT2D eigenvalue weighted by Gasteiger charge is 2.38. The zero-order valence-corrected chi connectivity index (χ0v) is 15.7. The fourth-order valence-electron chi connectivity index (χ4n) is 2.94. The van der Waals surface area contributed by atoms with Crippen LogP contribution in [0.25, 0.3) is 0 Å². The summed E-state index contributed by atoms with van der Waals surface area (Å²) < 4.78 is 6.01. The van der Waals surface area contributed by atoms with E-state index in [2.05, 4.69) is 21.2 Å². The number of rotatable bonds is 4. The van der Waals surface area contributed by atoms with Gasteiger partial charge in [-0.25, -0.2) is 0 Å². The highest BCUT2D eigenvalue weighted by molar-refractivity contribution is 9.10. The number of hydrogen-bond acceptors (Lipinski definition) is 3. The molecule has 2 aromatic carbocycles. The molecule has 2 amide bonds. The molecule has 0 aromatic heterocycles. The second-order valence-electron chi connectivity index (χ2n) is 5.98. The number of carbonyl (C=O) groups is 2. The summed E-state index contributed by atoms with van der Waals surface area (Å²) in [6, 6.07) is 12.9. The molecule has 1 atom stereocenters. The predicted molar refractivity (Wildman–Crippen MR) is 101 cm³/mol. The number of amides is 2. The quantitative estimate of drug-likeness (QED) is 0.791. The first-order chi connectivity index (χ1) is 12.0. The van der Waals surface area contributed by atoms with Gasteiger partial charge in [-0.3, -0.25) is 9.59 Å². The van der Waals surface area contributed by atoms with E-state index in [0.29, 0.717) is 24.4 Å². The third-order valence-electron chi connectivity index (χ3n) is 4.34. The molecule has 1 aliphatic heterocycles. The van der Waals surface area contributed by atoms with E-state index in [1.807, 2.05) is 25.1 Å². The summed E-state index contributed by atoms with van der Waals surface area (Å²) in [4.78, 5) is 26.9. The van der Waals surface area contributed by atoms with E-state index in [4.69, 9.17) is 4.74 Å². The molecule has 1 heterocycles. The number of carbonyl (C=O) groups excluding carboxylic acids is 2. The summed E-state index contributed by atoms with van der Waals surface area (Å²) in [5, 5.41) is 2.81. The van der Waals surface area contributed by atoms with Gasteiger partial charge in [0.05, 0.1) is 7.11 Å². The van der Waals surface area contributed by atoms with Gasteiger partial charge in [-0.1, -0.05) is 22.0 Å². The zero-order valence-electron chi connectivity index (χ0n) is 14.1. The van der Waals surface area contributed by atoms with Gasteiger partial charge in [-0.2, -0.15) is 0 Å². The average molecular weight is 403 g/mol. The molecule has 1 saturated heterocycles. The van der Waals surface area contributed by atoms with Gasteiger partial charge >= 0.3 is 0 Å². The third-order valence-corrected chi connectivity index (χ3v) is 4.83.